The molecular weight excluding hydrogens is 262 g/mol. The first-order chi connectivity index (χ1) is 10.3. The van der Waals surface area contributed by atoms with Crippen molar-refractivity contribution in [2.45, 2.75) is 44.9 Å². The molecule has 0 spiro atoms. The van der Waals surface area contributed by atoms with Crippen LogP contribution in [0.15, 0.2) is 24.3 Å². The molecular formula is C18H23NO2. The molecule has 2 rings (SSSR count). The van der Waals surface area contributed by atoms with Crippen LogP contribution in [0.4, 0.5) is 5.69 Å². The van der Waals surface area contributed by atoms with Gasteiger partial charge in [0.05, 0.1) is 0 Å². The number of hydrogen-bond donors (Lipinski definition) is 2. The van der Waals surface area contributed by atoms with Gasteiger partial charge in [0.1, 0.15) is 6.61 Å². The first-order valence-electron chi connectivity index (χ1n) is 7.77. The summed E-state index contributed by atoms with van der Waals surface area (Å²) in [5.41, 5.74) is 1.64. The summed E-state index contributed by atoms with van der Waals surface area (Å²) >= 11 is 0. The SMILES string of the molecule is O=C(CCC1CCCCC1)Nc1ccc(C#CCO)cc1. The molecule has 2 N–H and O–H groups in total. The van der Waals surface area contributed by atoms with Crippen molar-refractivity contribution in [2.75, 3.05) is 11.9 Å². The van der Waals surface area contributed by atoms with Crippen LogP contribution in [0, 0.1) is 17.8 Å². The third kappa shape index (κ3) is 5.61. The standard InChI is InChI=1S/C18H23NO2/c20-14-4-7-16-8-11-17(12-9-16)19-18(21)13-10-15-5-2-1-3-6-15/h8-9,11-12,15,20H,1-3,5-6,10,13-14H2,(H,19,21). The molecule has 0 atom stereocenters. The van der Waals surface area contributed by atoms with Crippen LogP contribution in [0.3, 0.4) is 0 Å². The Morgan fingerprint density at radius 2 is 1.90 bits per heavy atom. The first kappa shape index (κ1) is 15.6. The number of rotatable bonds is 4. The van der Waals surface area contributed by atoms with Crippen LogP contribution < -0.4 is 5.32 Å². The lowest BCUT2D eigenvalue weighted by Crippen LogP contribution is -2.14. The molecule has 112 valence electrons. The highest BCUT2D eigenvalue weighted by atomic mass is 16.2. The quantitative estimate of drug-likeness (QED) is 0.834. The number of nitrogens with one attached hydrogen (secondary N) is 1. The first-order valence-corrected chi connectivity index (χ1v) is 7.77. The minimum Gasteiger partial charge on any atom is -0.384 e. The zero-order valence-corrected chi connectivity index (χ0v) is 12.4. The van der Waals surface area contributed by atoms with Gasteiger partial charge in [0.2, 0.25) is 5.91 Å². The minimum atomic E-state index is -0.139. The van der Waals surface area contributed by atoms with E-state index in [9.17, 15) is 4.79 Å². The maximum absolute atomic E-state index is 11.9. The van der Waals surface area contributed by atoms with Gasteiger partial charge in [-0.3, -0.25) is 4.79 Å². The molecule has 0 heterocycles. The van der Waals surface area contributed by atoms with Crippen molar-refractivity contribution in [3.63, 3.8) is 0 Å². The predicted octanol–water partition coefficient (Wildman–Crippen LogP) is 3.33. The van der Waals surface area contributed by atoms with Crippen molar-refractivity contribution < 1.29 is 9.90 Å². The summed E-state index contributed by atoms with van der Waals surface area (Å²) in [6, 6.07) is 7.39. The minimum absolute atomic E-state index is 0.0924. The fourth-order valence-corrected chi connectivity index (χ4v) is 2.81. The second-order valence-corrected chi connectivity index (χ2v) is 5.63. The Labute approximate surface area is 126 Å². The van der Waals surface area contributed by atoms with E-state index in [0.29, 0.717) is 6.42 Å². The van der Waals surface area contributed by atoms with Gasteiger partial charge in [-0.15, -0.1) is 0 Å². The maximum Gasteiger partial charge on any atom is 0.224 e. The number of anilines is 1. The molecule has 3 nitrogen and oxygen atoms in total. The molecule has 0 radical (unpaired) electrons. The summed E-state index contributed by atoms with van der Waals surface area (Å²) in [4.78, 5) is 11.9. The topological polar surface area (TPSA) is 49.3 Å². The van der Waals surface area contributed by atoms with Gasteiger partial charge in [0, 0.05) is 17.7 Å². The molecule has 0 saturated heterocycles. The fourth-order valence-electron chi connectivity index (χ4n) is 2.81. The predicted molar refractivity (Wildman–Crippen MR) is 84.8 cm³/mol. The van der Waals surface area contributed by atoms with E-state index in [4.69, 9.17) is 5.11 Å². The van der Waals surface area contributed by atoms with Crippen molar-refractivity contribution in [3.05, 3.63) is 29.8 Å². The van der Waals surface area contributed by atoms with Crippen LogP contribution >= 0.6 is 0 Å². The van der Waals surface area contributed by atoms with Crippen LogP contribution in [-0.2, 0) is 4.79 Å². The zero-order chi connectivity index (χ0) is 14.9. The van der Waals surface area contributed by atoms with Crippen LogP contribution in [0.25, 0.3) is 0 Å². The summed E-state index contributed by atoms with van der Waals surface area (Å²) < 4.78 is 0. The Morgan fingerprint density at radius 3 is 2.57 bits per heavy atom. The van der Waals surface area contributed by atoms with Crippen molar-refractivity contribution >= 4 is 11.6 Å². The lowest BCUT2D eigenvalue weighted by atomic mass is 9.86. The maximum atomic E-state index is 11.9. The van der Waals surface area contributed by atoms with E-state index in [-0.39, 0.29) is 12.5 Å². The molecule has 0 aliphatic heterocycles. The summed E-state index contributed by atoms with van der Waals surface area (Å²) in [5.74, 6) is 6.26. The fraction of sp³-hybridized carbons (Fsp3) is 0.500. The van der Waals surface area contributed by atoms with E-state index in [0.717, 1.165) is 23.6 Å². The van der Waals surface area contributed by atoms with Crippen LogP contribution in [0.5, 0.6) is 0 Å². The molecule has 1 aliphatic rings. The van der Waals surface area contributed by atoms with Gasteiger partial charge < -0.3 is 10.4 Å². The number of hydrogen-bond acceptors (Lipinski definition) is 2. The Bertz CT molecular complexity index is 504. The number of amides is 1. The summed E-state index contributed by atoms with van der Waals surface area (Å²) in [6.07, 6.45) is 8.18. The van der Waals surface area contributed by atoms with Gasteiger partial charge in [0.15, 0.2) is 0 Å². The molecule has 0 unspecified atom stereocenters. The molecule has 1 saturated carbocycles. The Morgan fingerprint density at radius 1 is 1.19 bits per heavy atom. The lowest BCUT2D eigenvalue weighted by molar-refractivity contribution is -0.116. The Hall–Kier alpha value is -1.79. The third-order valence-electron chi connectivity index (χ3n) is 3.98. The molecule has 3 heteroatoms. The summed E-state index contributed by atoms with van der Waals surface area (Å²) in [7, 11) is 0. The molecule has 1 amide bonds. The number of benzene rings is 1. The average Bonchev–Trinajstić information content (AvgIpc) is 2.53. The molecule has 21 heavy (non-hydrogen) atoms. The van der Waals surface area contributed by atoms with Crippen molar-refractivity contribution in [2.24, 2.45) is 5.92 Å². The number of carbonyl (C=O) groups is 1. The summed E-state index contributed by atoms with van der Waals surface area (Å²) in [6.45, 7) is -0.139. The highest BCUT2D eigenvalue weighted by molar-refractivity contribution is 5.90. The van der Waals surface area contributed by atoms with Crippen molar-refractivity contribution in [1.82, 2.24) is 0 Å². The third-order valence-corrected chi connectivity index (χ3v) is 3.98. The second-order valence-electron chi connectivity index (χ2n) is 5.63. The van der Waals surface area contributed by atoms with Crippen LogP contribution in [-0.4, -0.2) is 17.6 Å². The zero-order valence-electron chi connectivity index (χ0n) is 12.4. The monoisotopic (exact) mass is 285 g/mol. The summed E-state index contributed by atoms with van der Waals surface area (Å²) in [5, 5.41) is 11.6. The highest BCUT2D eigenvalue weighted by Gasteiger charge is 2.14. The largest absolute Gasteiger partial charge is 0.384 e. The normalized spacial score (nSPS) is 15.1. The molecule has 1 aliphatic carbocycles. The number of aliphatic hydroxyl groups is 1. The van der Waals surface area contributed by atoms with Gasteiger partial charge in [-0.05, 0) is 36.6 Å². The lowest BCUT2D eigenvalue weighted by Gasteiger charge is -2.20. The second kappa shape index (κ2) is 8.49. The van der Waals surface area contributed by atoms with E-state index in [1.165, 1.54) is 32.1 Å². The average molecular weight is 285 g/mol. The smallest absolute Gasteiger partial charge is 0.224 e. The molecule has 1 aromatic rings. The van der Waals surface area contributed by atoms with E-state index in [1.807, 2.05) is 24.3 Å². The molecule has 1 aromatic carbocycles. The van der Waals surface area contributed by atoms with Gasteiger partial charge >= 0.3 is 0 Å². The van der Waals surface area contributed by atoms with E-state index in [2.05, 4.69) is 17.2 Å². The molecule has 1 fully saturated rings. The van der Waals surface area contributed by atoms with E-state index in [1.54, 1.807) is 0 Å². The van der Waals surface area contributed by atoms with Crippen LogP contribution in [0.1, 0.15) is 50.5 Å². The Kier molecular flexibility index (Phi) is 6.30. The molecule has 0 aromatic heterocycles. The van der Waals surface area contributed by atoms with Gasteiger partial charge in [0.25, 0.3) is 0 Å². The van der Waals surface area contributed by atoms with E-state index >= 15 is 0 Å². The van der Waals surface area contributed by atoms with Gasteiger partial charge in [-0.1, -0.05) is 43.9 Å². The van der Waals surface area contributed by atoms with Gasteiger partial charge in [-0.2, -0.15) is 0 Å². The van der Waals surface area contributed by atoms with Gasteiger partial charge in [-0.25, -0.2) is 0 Å². The van der Waals surface area contributed by atoms with Crippen molar-refractivity contribution in [1.29, 1.82) is 0 Å². The van der Waals surface area contributed by atoms with Crippen LogP contribution in [0.2, 0.25) is 0 Å². The van der Waals surface area contributed by atoms with E-state index < -0.39 is 0 Å². The number of aliphatic hydroxyl groups excluding tert-OH is 1. The highest BCUT2D eigenvalue weighted by Crippen LogP contribution is 2.27. The van der Waals surface area contributed by atoms with Crippen molar-refractivity contribution in [3.8, 4) is 11.8 Å². The Balaban J connectivity index is 1.76. The molecule has 0 bridgehead atoms. The number of carbonyl (C=O) groups excluding carboxylic acids is 1.